The molecular formula is C11H18O6. The molecule has 98 valence electrons. The first-order valence-electron chi connectivity index (χ1n) is 5.54. The van der Waals surface area contributed by atoms with Crippen molar-refractivity contribution in [1.29, 1.82) is 0 Å². The summed E-state index contributed by atoms with van der Waals surface area (Å²) in [5.74, 6) is -1.64. The maximum absolute atomic E-state index is 11.3. The first kappa shape index (κ1) is 12.8. The summed E-state index contributed by atoms with van der Waals surface area (Å²) < 4.78 is 16.1. The van der Waals surface area contributed by atoms with Crippen LogP contribution in [0.25, 0.3) is 0 Å². The Kier molecular flexibility index (Phi) is 2.56. The zero-order valence-corrected chi connectivity index (χ0v) is 10.4. The van der Waals surface area contributed by atoms with Crippen LogP contribution in [0.15, 0.2) is 0 Å². The number of ether oxygens (including phenoxy) is 3. The lowest BCUT2D eigenvalue weighted by Crippen LogP contribution is -2.56. The van der Waals surface area contributed by atoms with Crippen molar-refractivity contribution in [3.63, 3.8) is 0 Å². The molecule has 0 aliphatic carbocycles. The van der Waals surface area contributed by atoms with Crippen LogP contribution in [0.1, 0.15) is 27.7 Å². The molecule has 6 heteroatoms. The van der Waals surface area contributed by atoms with Gasteiger partial charge in [-0.3, -0.25) is 0 Å². The zero-order valence-electron chi connectivity index (χ0n) is 10.4. The first-order chi connectivity index (χ1) is 7.58. The molecule has 0 aromatic carbocycles. The van der Waals surface area contributed by atoms with Gasteiger partial charge in [-0.15, -0.1) is 0 Å². The molecule has 2 heterocycles. The third-order valence-electron chi connectivity index (χ3n) is 3.28. The Morgan fingerprint density at radius 2 is 1.88 bits per heavy atom. The highest BCUT2D eigenvalue weighted by atomic mass is 16.8. The van der Waals surface area contributed by atoms with Gasteiger partial charge >= 0.3 is 5.97 Å². The van der Waals surface area contributed by atoms with Gasteiger partial charge in [0.1, 0.15) is 11.2 Å². The lowest BCUT2D eigenvalue weighted by molar-refractivity contribution is -0.204. The molecule has 0 amide bonds. The van der Waals surface area contributed by atoms with Crippen molar-refractivity contribution < 1.29 is 29.2 Å². The molecule has 0 radical (unpaired) electrons. The molecular weight excluding hydrogens is 228 g/mol. The van der Waals surface area contributed by atoms with Gasteiger partial charge in [-0.05, 0) is 27.7 Å². The van der Waals surface area contributed by atoms with E-state index in [1.165, 1.54) is 6.92 Å². The van der Waals surface area contributed by atoms with Gasteiger partial charge < -0.3 is 24.4 Å². The Morgan fingerprint density at radius 1 is 1.29 bits per heavy atom. The standard InChI is InChI=1S/C11H18O6/c1-9(2)15-5-10(3,17-9)8-11(4,14)6(12)7(13)16-8/h6,8,12,14H,5H2,1-4H3/t6-,8+,10+,11+/m1/s1. The van der Waals surface area contributed by atoms with E-state index >= 15 is 0 Å². The number of esters is 1. The fourth-order valence-corrected chi connectivity index (χ4v) is 2.49. The van der Waals surface area contributed by atoms with Crippen molar-refractivity contribution in [2.45, 2.75) is 56.9 Å². The van der Waals surface area contributed by atoms with Crippen LogP contribution >= 0.6 is 0 Å². The summed E-state index contributed by atoms with van der Waals surface area (Å²) in [7, 11) is 0. The highest BCUT2D eigenvalue weighted by Gasteiger charge is 2.63. The van der Waals surface area contributed by atoms with E-state index in [4.69, 9.17) is 14.2 Å². The van der Waals surface area contributed by atoms with Crippen molar-refractivity contribution in [2.75, 3.05) is 6.61 Å². The smallest absolute Gasteiger partial charge is 0.338 e. The number of carbonyl (C=O) groups excluding carboxylic acids is 1. The van der Waals surface area contributed by atoms with Crippen LogP contribution in [-0.4, -0.2) is 52.0 Å². The van der Waals surface area contributed by atoms with Crippen molar-refractivity contribution >= 4 is 5.97 Å². The van der Waals surface area contributed by atoms with Crippen LogP contribution in [0.4, 0.5) is 0 Å². The van der Waals surface area contributed by atoms with Crippen molar-refractivity contribution in [3.8, 4) is 0 Å². The summed E-state index contributed by atoms with van der Waals surface area (Å²) in [5, 5.41) is 19.7. The third-order valence-corrected chi connectivity index (χ3v) is 3.28. The van der Waals surface area contributed by atoms with Crippen LogP contribution in [-0.2, 0) is 19.0 Å². The summed E-state index contributed by atoms with van der Waals surface area (Å²) in [6.07, 6.45) is -2.52. The largest absolute Gasteiger partial charge is 0.454 e. The van der Waals surface area contributed by atoms with Gasteiger partial charge in [0.25, 0.3) is 0 Å². The number of aliphatic hydroxyl groups is 2. The monoisotopic (exact) mass is 246 g/mol. The average molecular weight is 246 g/mol. The maximum Gasteiger partial charge on any atom is 0.338 e. The van der Waals surface area contributed by atoms with Crippen LogP contribution in [0.3, 0.4) is 0 Å². The summed E-state index contributed by atoms with van der Waals surface area (Å²) in [4.78, 5) is 11.3. The first-order valence-corrected chi connectivity index (χ1v) is 5.54. The highest BCUT2D eigenvalue weighted by molar-refractivity contribution is 5.79. The van der Waals surface area contributed by atoms with Crippen LogP contribution in [0.2, 0.25) is 0 Å². The Labute approximate surface area is 99.5 Å². The van der Waals surface area contributed by atoms with E-state index in [0.717, 1.165) is 0 Å². The van der Waals surface area contributed by atoms with Gasteiger partial charge in [0.2, 0.25) is 0 Å². The van der Waals surface area contributed by atoms with Crippen molar-refractivity contribution in [2.24, 2.45) is 0 Å². The Balaban J connectivity index is 2.27. The van der Waals surface area contributed by atoms with Gasteiger partial charge in [0.05, 0.1) is 6.61 Å². The molecule has 2 N–H and O–H groups in total. The van der Waals surface area contributed by atoms with Crippen molar-refractivity contribution in [1.82, 2.24) is 0 Å². The molecule has 0 unspecified atom stereocenters. The molecule has 2 saturated heterocycles. The molecule has 0 saturated carbocycles. The quantitative estimate of drug-likeness (QED) is 0.610. The van der Waals surface area contributed by atoms with Gasteiger partial charge in [0.15, 0.2) is 18.0 Å². The number of hydrogen-bond donors (Lipinski definition) is 2. The summed E-state index contributed by atoms with van der Waals surface area (Å²) >= 11 is 0. The SMILES string of the molecule is CC1(C)OC[C@@](C)([C@@H]2OC(=O)[C@@H](O)[C@]2(C)O)O1. The van der Waals surface area contributed by atoms with Crippen LogP contribution in [0, 0.1) is 0 Å². The molecule has 0 aromatic rings. The minimum atomic E-state index is -1.68. The summed E-state index contributed by atoms with van der Waals surface area (Å²) in [6, 6.07) is 0. The second kappa shape index (κ2) is 3.41. The molecule has 2 aliphatic rings. The lowest BCUT2D eigenvalue weighted by atomic mass is 9.85. The van der Waals surface area contributed by atoms with E-state index < -0.39 is 35.2 Å². The molecule has 6 nitrogen and oxygen atoms in total. The second-order valence-electron chi connectivity index (χ2n) is 5.55. The minimum Gasteiger partial charge on any atom is -0.454 e. The average Bonchev–Trinajstić information content (AvgIpc) is 2.57. The highest BCUT2D eigenvalue weighted by Crippen LogP contribution is 2.42. The molecule has 2 rings (SSSR count). The minimum absolute atomic E-state index is 0.181. The summed E-state index contributed by atoms with van der Waals surface area (Å²) in [5.41, 5.74) is -2.66. The van der Waals surface area contributed by atoms with E-state index in [1.54, 1.807) is 20.8 Å². The molecule has 0 aromatic heterocycles. The fourth-order valence-electron chi connectivity index (χ4n) is 2.49. The molecule has 2 aliphatic heterocycles. The van der Waals surface area contributed by atoms with E-state index in [0.29, 0.717) is 0 Å². The molecule has 0 bridgehead atoms. The van der Waals surface area contributed by atoms with E-state index in [2.05, 4.69) is 0 Å². The predicted octanol–water partition coefficient (Wildman–Crippen LogP) is -0.435. The number of carbonyl (C=O) groups is 1. The third kappa shape index (κ3) is 1.85. The summed E-state index contributed by atoms with van der Waals surface area (Å²) in [6.45, 7) is 6.69. The number of aliphatic hydroxyl groups excluding tert-OH is 1. The van der Waals surface area contributed by atoms with Gasteiger partial charge in [-0.2, -0.15) is 0 Å². The normalized spacial score (nSPS) is 49.4. The molecule has 4 atom stereocenters. The van der Waals surface area contributed by atoms with Crippen LogP contribution < -0.4 is 0 Å². The van der Waals surface area contributed by atoms with Gasteiger partial charge in [0, 0.05) is 0 Å². The maximum atomic E-state index is 11.3. The van der Waals surface area contributed by atoms with Crippen LogP contribution in [0.5, 0.6) is 0 Å². The Bertz CT molecular complexity index is 350. The van der Waals surface area contributed by atoms with Gasteiger partial charge in [-0.25, -0.2) is 4.79 Å². The second-order valence-corrected chi connectivity index (χ2v) is 5.55. The Hall–Kier alpha value is -0.690. The van der Waals surface area contributed by atoms with E-state index in [9.17, 15) is 15.0 Å². The topological polar surface area (TPSA) is 85.2 Å². The number of rotatable bonds is 1. The molecule has 2 fully saturated rings. The lowest BCUT2D eigenvalue weighted by Gasteiger charge is -2.36. The number of cyclic esters (lactones) is 1. The zero-order chi connectivity index (χ0) is 13.1. The number of hydrogen-bond acceptors (Lipinski definition) is 6. The molecule has 0 spiro atoms. The van der Waals surface area contributed by atoms with E-state index in [1.807, 2.05) is 0 Å². The van der Waals surface area contributed by atoms with Crippen molar-refractivity contribution in [3.05, 3.63) is 0 Å². The Morgan fingerprint density at radius 3 is 2.24 bits per heavy atom. The van der Waals surface area contributed by atoms with E-state index in [-0.39, 0.29) is 6.61 Å². The predicted molar refractivity (Wildman–Crippen MR) is 56.0 cm³/mol. The van der Waals surface area contributed by atoms with Gasteiger partial charge in [-0.1, -0.05) is 0 Å². The fraction of sp³-hybridized carbons (Fsp3) is 0.909. The molecule has 17 heavy (non-hydrogen) atoms.